The Hall–Kier alpha value is -2.17. The summed E-state index contributed by atoms with van der Waals surface area (Å²) in [5, 5.41) is 13.7. The fraction of sp³-hybridized carbons (Fsp3) is 0.458. The van der Waals surface area contributed by atoms with Crippen LogP contribution in [0.2, 0.25) is 0 Å². The fourth-order valence-corrected chi connectivity index (χ4v) is 4.47. The zero-order valence-electron chi connectivity index (χ0n) is 16.8. The minimum atomic E-state index is -0.541. The third-order valence-corrected chi connectivity index (χ3v) is 6.42. The van der Waals surface area contributed by atoms with Crippen LogP contribution in [-0.2, 0) is 16.6 Å². The Morgan fingerprint density at radius 2 is 1.86 bits per heavy atom. The van der Waals surface area contributed by atoms with Gasteiger partial charge < -0.3 is 15.3 Å². The quantitative estimate of drug-likeness (QED) is 0.830. The molecule has 4 rings (SSSR count). The van der Waals surface area contributed by atoms with E-state index in [-0.39, 0.29) is 5.91 Å². The van der Waals surface area contributed by atoms with Crippen LogP contribution in [0.3, 0.4) is 0 Å². The highest BCUT2D eigenvalue weighted by molar-refractivity contribution is 6.05. The van der Waals surface area contributed by atoms with Crippen molar-refractivity contribution in [3.05, 3.63) is 65.2 Å². The van der Waals surface area contributed by atoms with E-state index >= 15 is 0 Å². The summed E-state index contributed by atoms with van der Waals surface area (Å²) >= 11 is 0. The largest absolute Gasteiger partial charge is 0.387 e. The van der Waals surface area contributed by atoms with Gasteiger partial charge in [-0.25, -0.2) is 0 Å². The summed E-state index contributed by atoms with van der Waals surface area (Å²) in [4.78, 5) is 14.5. The molecule has 0 radical (unpaired) electrons. The van der Waals surface area contributed by atoms with E-state index in [1.54, 1.807) is 0 Å². The number of amides is 1. The first-order chi connectivity index (χ1) is 13.4. The molecule has 1 amide bonds. The molecule has 0 spiro atoms. The maximum absolute atomic E-state index is 12.1. The predicted octanol–water partition coefficient (Wildman–Crippen LogP) is 3.90. The first-order valence-electron chi connectivity index (χ1n) is 10.3. The van der Waals surface area contributed by atoms with Gasteiger partial charge in [0.1, 0.15) is 0 Å². The van der Waals surface area contributed by atoms with Crippen LogP contribution in [0, 0.1) is 5.92 Å². The van der Waals surface area contributed by atoms with Crippen molar-refractivity contribution in [2.24, 2.45) is 5.92 Å². The summed E-state index contributed by atoms with van der Waals surface area (Å²) in [6, 6.07) is 16.6. The molecule has 0 bridgehead atoms. The Balaban J connectivity index is 1.34. The van der Waals surface area contributed by atoms with E-state index in [4.69, 9.17) is 0 Å². The molecule has 2 aliphatic rings. The lowest BCUT2D eigenvalue weighted by Crippen LogP contribution is -2.37. The number of anilines is 1. The molecule has 4 heteroatoms. The Bertz CT molecular complexity index is 839. The number of carbonyl (C=O) groups is 1. The van der Waals surface area contributed by atoms with Crippen LogP contribution < -0.4 is 5.32 Å². The second-order valence-corrected chi connectivity index (χ2v) is 8.83. The Morgan fingerprint density at radius 1 is 1.14 bits per heavy atom. The molecule has 2 aromatic rings. The molecule has 0 aliphatic carbocycles. The number of fused-ring (bicyclic) bond motifs is 1. The molecule has 2 aliphatic heterocycles. The zero-order valence-corrected chi connectivity index (χ0v) is 16.8. The van der Waals surface area contributed by atoms with E-state index in [0.717, 1.165) is 42.2 Å². The average Bonchev–Trinajstić information content (AvgIpc) is 2.92. The lowest BCUT2D eigenvalue weighted by atomic mass is 9.85. The first-order valence-corrected chi connectivity index (χ1v) is 10.3. The fourth-order valence-electron chi connectivity index (χ4n) is 4.47. The number of β-amino-alcohol motifs (C(OH)–C–C–N with tert-alkyl or cyclic N) is 1. The summed E-state index contributed by atoms with van der Waals surface area (Å²) in [5.41, 5.74) is 3.63. The van der Waals surface area contributed by atoms with Gasteiger partial charge in [0.2, 0.25) is 5.91 Å². The average molecular weight is 379 g/mol. The van der Waals surface area contributed by atoms with Gasteiger partial charge >= 0.3 is 0 Å². The number of benzene rings is 2. The molecule has 28 heavy (non-hydrogen) atoms. The molecule has 1 unspecified atom stereocenters. The molecule has 0 aromatic heterocycles. The number of carbonyl (C=O) groups excluding carboxylic acids is 1. The molecule has 0 saturated carbocycles. The molecular formula is C24H30N2O2. The van der Waals surface area contributed by atoms with Crippen LogP contribution in [0.5, 0.6) is 0 Å². The second kappa shape index (κ2) is 7.69. The molecule has 148 valence electrons. The summed E-state index contributed by atoms with van der Waals surface area (Å²) in [5.74, 6) is 0.753. The topological polar surface area (TPSA) is 52.6 Å². The Morgan fingerprint density at radius 3 is 2.57 bits per heavy atom. The van der Waals surface area contributed by atoms with Gasteiger partial charge in [0.05, 0.1) is 11.5 Å². The summed E-state index contributed by atoms with van der Waals surface area (Å²) in [6.07, 6.45) is 2.98. The van der Waals surface area contributed by atoms with E-state index in [1.807, 2.05) is 32.0 Å². The normalized spacial score (nSPS) is 20.6. The second-order valence-electron chi connectivity index (χ2n) is 8.83. The minimum Gasteiger partial charge on any atom is -0.387 e. The van der Waals surface area contributed by atoms with E-state index < -0.39 is 11.5 Å². The third-order valence-electron chi connectivity index (χ3n) is 6.42. The van der Waals surface area contributed by atoms with Crippen molar-refractivity contribution in [1.82, 2.24) is 4.90 Å². The lowest BCUT2D eigenvalue weighted by molar-refractivity contribution is -0.119. The Labute approximate surface area is 167 Å². The highest BCUT2D eigenvalue weighted by Crippen LogP contribution is 2.38. The number of hydrogen-bond acceptors (Lipinski definition) is 3. The van der Waals surface area contributed by atoms with Gasteiger partial charge in [-0.1, -0.05) is 42.5 Å². The van der Waals surface area contributed by atoms with Crippen LogP contribution in [0.1, 0.15) is 49.5 Å². The first kappa shape index (κ1) is 19.2. The van der Waals surface area contributed by atoms with Crippen LogP contribution in [0.4, 0.5) is 5.69 Å². The van der Waals surface area contributed by atoms with Crippen molar-refractivity contribution in [3.8, 4) is 0 Å². The van der Waals surface area contributed by atoms with E-state index in [2.05, 4.69) is 40.5 Å². The molecule has 2 N–H and O–H groups in total. The minimum absolute atomic E-state index is 0.0228. The Kier molecular flexibility index (Phi) is 5.26. The lowest BCUT2D eigenvalue weighted by Gasteiger charge is -2.33. The number of aliphatic hydroxyl groups excluding tert-OH is 1. The van der Waals surface area contributed by atoms with Crippen molar-refractivity contribution in [3.63, 3.8) is 0 Å². The van der Waals surface area contributed by atoms with E-state index in [9.17, 15) is 9.90 Å². The van der Waals surface area contributed by atoms with Gasteiger partial charge in [0, 0.05) is 12.2 Å². The third kappa shape index (κ3) is 3.85. The zero-order chi connectivity index (χ0) is 19.7. The standard InChI is InChI=1S/C24H30N2O2/c1-24(2)20-15-19(8-9-21(20)25-23(24)28)22(27)16-26-12-10-18(11-13-26)14-17-6-4-3-5-7-17/h3-9,15,18,22,27H,10-14,16H2,1-2H3,(H,25,28). The van der Waals surface area contributed by atoms with Crippen LogP contribution in [0.15, 0.2) is 48.5 Å². The molecule has 1 saturated heterocycles. The van der Waals surface area contributed by atoms with Crippen molar-refractivity contribution in [2.45, 2.75) is 44.6 Å². The molecule has 2 heterocycles. The highest BCUT2D eigenvalue weighted by Gasteiger charge is 2.38. The van der Waals surface area contributed by atoms with Crippen LogP contribution >= 0.6 is 0 Å². The van der Waals surface area contributed by atoms with Crippen LogP contribution in [0.25, 0.3) is 0 Å². The number of hydrogen-bond donors (Lipinski definition) is 2. The van der Waals surface area contributed by atoms with Gasteiger partial charge in [0.15, 0.2) is 0 Å². The van der Waals surface area contributed by atoms with E-state index in [1.165, 1.54) is 18.4 Å². The summed E-state index contributed by atoms with van der Waals surface area (Å²) in [7, 11) is 0. The molecule has 4 nitrogen and oxygen atoms in total. The molecule has 1 fully saturated rings. The summed E-state index contributed by atoms with van der Waals surface area (Å²) in [6.45, 7) is 6.58. The molecule has 2 aromatic carbocycles. The number of rotatable bonds is 5. The van der Waals surface area contributed by atoms with Crippen molar-refractivity contribution < 1.29 is 9.90 Å². The SMILES string of the molecule is CC1(C)C(=O)Nc2ccc(C(O)CN3CCC(Cc4ccccc4)CC3)cc21. The maximum Gasteiger partial charge on any atom is 0.234 e. The van der Waals surface area contributed by atoms with Crippen molar-refractivity contribution in [1.29, 1.82) is 0 Å². The van der Waals surface area contributed by atoms with Gasteiger partial charge in [-0.15, -0.1) is 0 Å². The maximum atomic E-state index is 12.1. The highest BCUT2D eigenvalue weighted by atomic mass is 16.3. The monoisotopic (exact) mass is 378 g/mol. The number of nitrogens with zero attached hydrogens (tertiary/aromatic N) is 1. The van der Waals surface area contributed by atoms with Crippen molar-refractivity contribution in [2.75, 3.05) is 25.0 Å². The van der Waals surface area contributed by atoms with Crippen molar-refractivity contribution >= 4 is 11.6 Å². The van der Waals surface area contributed by atoms with Crippen LogP contribution in [-0.4, -0.2) is 35.5 Å². The number of nitrogens with one attached hydrogen (secondary N) is 1. The van der Waals surface area contributed by atoms with Gasteiger partial charge in [-0.3, -0.25) is 4.79 Å². The molecule has 1 atom stereocenters. The summed E-state index contributed by atoms with van der Waals surface area (Å²) < 4.78 is 0. The van der Waals surface area contributed by atoms with Gasteiger partial charge in [-0.2, -0.15) is 0 Å². The van der Waals surface area contributed by atoms with Gasteiger partial charge in [0.25, 0.3) is 0 Å². The number of likely N-dealkylation sites (tertiary alicyclic amines) is 1. The number of piperidine rings is 1. The van der Waals surface area contributed by atoms with E-state index in [0.29, 0.717) is 6.54 Å². The van der Waals surface area contributed by atoms with Gasteiger partial charge in [-0.05, 0) is 74.9 Å². The smallest absolute Gasteiger partial charge is 0.234 e. The molecular weight excluding hydrogens is 348 g/mol. The predicted molar refractivity (Wildman–Crippen MR) is 112 cm³/mol. The number of aliphatic hydroxyl groups is 1.